The first-order chi connectivity index (χ1) is 14.0. The maximum Gasteiger partial charge on any atom is 0.410 e. The summed E-state index contributed by atoms with van der Waals surface area (Å²) in [6.07, 6.45) is 1.26. The van der Waals surface area contributed by atoms with Crippen LogP contribution < -0.4 is 10.6 Å². The van der Waals surface area contributed by atoms with Crippen LogP contribution in [-0.2, 0) is 11.3 Å². The highest BCUT2D eigenvalue weighted by Gasteiger charge is 2.37. The van der Waals surface area contributed by atoms with Crippen LogP contribution in [0.15, 0.2) is 36.5 Å². The second kappa shape index (κ2) is 8.04. The van der Waals surface area contributed by atoms with E-state index in [4.69, 9.17) is 4.74 Å². The van der Waals surface area contributed by atoms with E-state index in [1.54, 1.807) is 35.4 Å². The lowest BCUT2D eigenvalue weighted by atomic mass is 10.1. The van der Waals surface area contributed by atoms with Crippen molar-refractivity contribution in [2.75, 3.05) is 36.9 Å². The molecule has 8 nitrogen and oxygen atoms in total. The van der Waals surface area contributed by atoms with Gasteiger partial charge >= 0.3 is 12.1 Å². The number of nitrogens with zero attached hydrogens (tertiary/aromatic N) is 3. The van der Waals surface area contributed by atoms with Crippen LogP contribution in [0.2, 0.25) is 0 Å². The third kappa shape index (κ3) is 4.29. The quantitative estimate of drug-likeness (QED) is 0.826. The van der Waals surface area contributed by atoms with Crippen molar-refractivity contribution >= 4 is 23.5 Å². The number of aryl methyl sites for hydroxylation is 1. The van der Waals surface area contributed by atoms with Gasteiger partial charge in [0.1, 0.15) is 6.61 Å². The van der Waals surface area contributed by atoms with E-state index in [1.807, 2.05) is 6.92 Å². The van der Waals surface area contributed by atoms with Gasteiger partial charge < -0.3 is 15.4 Å². The summed E-state index contributed by atoms with van der Waals surface area (Å²) in [6.45, 7) is 4.45. The van der Waals surface area contributed by atoms with Gasteiger partial charge in [0, 0.05) is 37.4 Å². The van der Waals surface area contributed by atoms with Crippen molar-refractivity contribution in [3.05, 3.63) is 53.6 Å². The normalized spacial score (nSPS) is 18.9. The molecule has 9 heteroatoms. The number of ether oxygens (including phenoxy) is 1. The molecule has 3 amide bonds. The Morgan fingerprint density at radius 2 is 2.14 bits per heavy atom. The molecule has 0 saturated carbocycles. The number of piperazine rings is 1. The van der Waals surface area contributed by atoms with Gasteiger partial charge in [-0.15, -0.1) is 0 Å². The molecule has 4 rings (SSSR count). The van der Waals surface area contributed by atoms with Crippen molar-refractivity contribution in [2.45, 2.75) is 19.5 Å². The van der Waals surface area contributed by atoms with E-state index in [2.05, 4.69) is 20.5 Å². The third-order valence-electron chi connectivity index (χ3n) is 5.09. The zero-order valence-electron chi connectivity index (χ0n) is 16.0. The molecule has 2 aromatic rings. The summed E-state index contributed by atoms with van der Waals surface area (Å²) in [6, 6.07) is 7.90. The number of benzene rings is 1. The molecule has 29 heavy (non-hydrogen) atoms. The standard InChI is InChI=1S/C20H22FN5O3/c1-13-5-6-15(9-22-13)23-19(27)24-17-4-2-3-14(18(17)21)10-25-7-8-26-16(11-25)12-29-20(26)28/h2-6,9,16H,7-8,10-12H2,1H3,(H2,23,24,27)/t16-/m1/s1. The number of pyridine rings is 1. The van der Waals surface area contributed by atoms with Crippen molar-refractivity contribution in [3.8, 4) is 0 Å². The van der Waals surface area contributed by atoms with Gasteiger partial charge in [0.25, 0.3) is 0 Å². The van der Waals surface area contributed by atoms with Crippen LogP contribution in [0, 0.1) is 12.7 Å². The number of carbonyl (C=O) groups is 2. The monoisotopic (exact) mass is 399 g/mol. The summed E-state index contributed by atoms with van der Waals surface area (Å²) in [5.74, 6) is -0.467. The van der Waals surface area contributed by atoms with E-state index in [-0.39, 0.29) is 17.8 Å². The summed E-state index contributed by atoms with van der Waals surface area (Å²) < 4.78 is 20.0. The molecule has 152 valence electrons. The molecule has 0 unspecified atom stereocenters. The Bertz CT molecular complexity index is 921. The smallest absolute Gasteiger partial charge is 0.410 e. The predicted octanol–water partition coefficient (Wildman–Crippen LogP) is 2.81. The fraction of sp³-hybridized carbons (Fsp3) is 0.350. The second-order valence-corrected chi connectivity index (χ2v) is 7.21. The highest BCUT2D eigenvalue weighted by atomic mass is 19.1. The molecule has 2 N–H and O–H groups in total. The Labute approximate surface area is 167 Å². The van der Waals surface area contributed by atoms with E-state index in [9.17, 15) is 14.0 Å². The van der Waals surface area contributed by atoms with Gasteiger partial charge in [0.05, 0.1) is 23.6 Å². The molecule has 1 aromatic carbocycles. The molecule has 0 aliphatic carbocycles. The predicted molar refractivity (Wildman–Crippen MR) is 105 cm³/mol. The highest BCUT2D eigenvalue weighted by molar-refractivity contribution is 5.99. The van der Waals surface area contributed by atoms with E-state index >= 15 is 0 Å². The van der Waals surface area contributed by atoms with Gasteiger partial charge in [-0.2, -0.15) is 0 Å². The van der Waals surface area contributed by atoms with Gasteiger partial charge in [0.15, 0.2) is 5.82 Å². The SMILES string of the molecule is Cc1ccc(NC(=O)Nc2cccc(CN3CCN4C(=O)OC[C@H]4C3)c2F)cn1. The lowest BCUT2D eigenvalue weighted by Crippen LogP contribution is -2.51. The molecule has 2 fully saturated rings. The summed E-state index contributed by atoms with van der Waals surface area (Å²) in [5, 5.41) is 5.18. The summed E-state index contributed by atoms with van der Waals surface area (Å²) in [5.41, 5.74) is 1.96. The van der Waals surface area contributed by atoms with E-state index < -0.39 is 11.8 Å². The second-order valence-electron chi connectivity index (χ2n) is 7.21. The Kier molecular flexibility index (Phi) is 5.30. The number of fused-ring (bicyclic) bond motifs is 1. The Morgan fingerprint density at radius 1 is 1.28 bits per heavy atom. The molecule has 3 heterocycles. The fourth-order valence-corrected chi connectivity index (χ4v) is 3.56. The number of aromatic nitrogens is 1. The topological polar surface area (TPSA) is 86.8 Å². The minimum absolute atomic E-state index is 0.00881. The number of cyclic esters (lactones) is 1. The highest BCUT2D eigenvalue weighted by Crippen LogP contribution is 2.23. The lowest BCUT2D eigenvalue weighted by molar-refractivity contribution is 0.114. The lowest BCUT2D eigenvalue weighted by Gasteiger charge is -2.35. The number of anilines is 2. The van der Waals surface area contributed by atoms with Crippen LogP contribution in [-0.4, -0.2) is 59.2 Å². The van der Waals surface area contributed by atoms with E-state index in [0.717, 1.165) is 5.69 Å². The molecular formula is C20H22FN5O3. The Balaban J connectivity index is 1.39. The van der Waals surface area contributed by atoms with Crippen LogP contribution in [0.4, 0.5) is 25.4 Å². The Hall–Kier alpha value is -3.20. The molecular weight excluding hydrogens is 377 g/mol. The zero-order valence-corrected chi connectivity index (χ0v) is 16.0. The minimum atomic E-state index is -0.540. The Morgan fingerprint density at radius 3 is 2.93 bits per heavy atom. The molecule has 2 saturated heterocycles. The van der Waals surface area contributed by atoms with Crippen molar-refractivity contribution < 1.29 is 18.7 Å². The van der Waals surface area contributed by atoms with Crippen molar-refractivity contribution in [3.63, 3.8) is 0 Å². The van der Waals surface area contributed by atoms with E-state index in [0.29, 0.717) is 44.0 Å². The third-order valence-corrected chi connectivity index (χ3v) is 5.09. The molecule has 1 atom stereocenters. The van der Waals surface area contributed by atoms with Crippen LogP contribution in [0.5, 0.6) is 0 Å². The number of halogens is 1. The van der Waals surface area contributed by atoms with Crippen LogP contribution in [0.3, 0.4) is 0 Å². The maximum atomic E-state index is 14.9. The number of rotatable bonds is 4. The number of urea groups is 1. The molecule has 0 spiro atoms. The first-order valence-electron chi connectivity index (χ1n) is 9.43. The van der Waals surface area contributed by atoms with Gasteiger partial charge in [-0.3, -0.25) is 14.8 Å². The van der Waals surface area contributed by atoms with Gasteiger partial charge in [-0.25, -0.2) is 14.0 Å². The minimum Gasteiger partial charge on any atom is -0.447 e. The first-order valence-corrected chi connectivity index (χ1v) is 9.43. The van der Waals surface area contributed by atoms with Crippen molar-refractivity contribution in [1.29, 1.82) is 0 Å². The number of amides is 3. The largest absolute Gasteiger partial charge is 0.447 e. The van der Waals surface area contributed by atoms with Gasteiger partial charge in [0.2, 0.25) is 0 Å². The van der Waals surface area contributed by atoms with Gasteiger partial charge in [-0.05, 0) is 25.1 Å². The van der Waals surface area contributed by atoms with E-state index in [1.165, 1.54) is 6.07 Å². The summed E-state index contributed by atoms with van der Waals surface area (Å²) in [4.78, 5) is 31.7. The van der Waals surface area contributed by atoms with Gasteiger partial charge in [-0.1, -0.05) is 12.1 Å². The molecule has 0 radical (unpaired) electrons. The zero-order chi connectivity index (χ0) is 20.4. The fourth-order valence-electron chi connectivity index (χ4n) is 3.56. The van der Waals surface area contributed by atoms with Crippen molar-refractivity contribution in [1.82, 2.24) is 14.8 Å². The molecule has 0 bridgehead atoms. The number of carbonyl (C=O) groups excluding carboxylic acids is 2. The first kappa shape index (κ1) is 19.1. The van der Waals surface area contributed by atoms with Crippen LogP contribution in [0.1, 0.15) is 11.3 Å². The molecule has 2 aliphatic rings. The molecule has 2 aliphatic heterocycles. The number of nitrogens with one attached hydrogen (secondary N) is 2. The number of hydrogen-bond acceptors (Lipinski definition) is 5. The molecule has 1 aromatic heterocycles. The van der Waals surface area contributed by atoms with Crippen molar-refractivity contribution in [2.24, 2.45) is 0 Å². The summed E-state index contributed by atoms with van der Waals surface area (Å²) >= 11 is 0. The summed E-state index contributed by atoms with van der Waals surface area (Å²) in [7, 11) is 0. The van der Waals surface area contributed by atoms with Crippen LogP contribution >= 0.6 is 0 Å². The number of hydrogen-bond donors (Lipinski definition) is 2. The average molecular weight is 399 g/mol. The average Bonchev–Trinajstić information content (AvgIpc) is 3.07. The van der Waals surface area contributed by atoms with Crippen LogP contribution in [0.25, 0.3) is 0 Å². The maximum absolute atomic E-state index is 14.9.